The normalized spacial score (nSPS) is 14.5. The molecule has 0 aliphatic heterocycles. The van der Waals surface area contributed by atoms with Crippen molar-refractivity contribution in [2.75, 3.05) is 13.7 Å². The molecule has 4 rings (SSSR count). The Morgan fingerprint density at radius 3 is 2.20 bits per heavy atom. The number of nitrogens with one attached hydrogen (secondary N) is 5. The number of ether oxygens (including phenoxy) is 2. The van der Waals surface area contributed by atoms with Crippen LogP contribution >= 0.6 is 0 Å². The topological polar surface area (TPSA) is 204 Å². The lowest BCUT2D eigenvalue weighted by atomic mass is 9.95. The van der Waals surface area contributed by atoms with Gasteiger partial charge in [-0.25, -0.2) is 9.78 Å². The monoisotopic (exact) mass is 772 g/mol. The van der Waals surface area contributed by atoms with Gasteiger partial charge in [-0.2, -0.15) is 0 Å². The van der Waals surface area contributed by atoms with Crippen molar-refractivity contribution in [3.8, 4) is 5.75 Å². The lowest BCUT2D eigenvalue weighted by Crippen LogP contribution is -2.57. The molecule has 6 atom stereocenters. The van der Waals surface area contributed by atoms with Crippen LogP contribution in [0.3, 0.4) is 0 Å². The zero-order valence-electron chi connectivity index (χ0n) is 32.8. The van der Waals surface area contributed by atoms with Crippen molar-refractivity contribution in [2.24, 2.45) is 11.8 Å². The van der Waals surface area contributed by atoms with E-state index in [1.165, 1.54) is 12.5 Å². The first-order valence-electron chi connectivity index (χ1n) is 19.1. The zero-order valence-corrected chi connectivity index (χ0v) is 32.8. The molecule has 0 aliphatic carbocycles. The molecule has 3 aromatic carbocycles. The Morgan fingerprint density at radius 1 is 0.839 bits per heavy atom. The number of alkyl carbamates (subject to hydrolysis) is 1. The van der Waals surface area contributed by atoms with E-state index in [2.05, 4.69) is 31.2 Å². The first-order valence-corrected chi connectivity index (χ1v) is 19.1. The molecule has 0 fully saturated rings. The van der Waals surface area contributed by atoms with E-state index in [1.807, 2.05) is 70.2 Å². The fourth-order valence-electron chi connectivity index (χ4n) is 6.41. The van der Waals surface area contributed by atoms with Crippen molar-refractivity contribution in [2.45, 2.75) is 96.7 Å². The van der Waals surface area contributed by atoms with Crippen LogP contribution in [0.2, 0.25) is 0 Å². The summed E-state index contributed by atoms with van der Waals surface area (Å²) in [5, 5.41) is 34.1. The van der Waals surface area contributed by atoms with Gasteiger partial charge in [0.15, 0.2) is 0 Å². The van der Waals surface area contributed by atoms with E-state index in [1.54, 1.807) is 31.4 Å². The fourth-order valence-corrected chi connectivity index (χ4v) is 6.41. The zero-order chi connectivity index (χ0) is 40.6. The van der Waals surface area contributed by atoms with Crippen molar-refractivity contribution in [1.82, 2.24) is 31.2 Å². The summed E-state index contributed by atoms with van der Waals surface area (Å²) in [5.41, 5.74) is 2.07. The number of H-pyrrole nitrogens is 1. The number of methoxy groups -OCH3 is 1. The Bertz CT molecular complexity index is 1850. The number of nitrogens with zero attached hydrogens (tertiary/aromatic N) is 1. The van der Waals surface area contributed by atoms with E-state index in [-0.39, 0.29) is 44.3 Å². The maximum atomic E-state index is 14.2. The van der Waals surface area contributed by atoms with Gasteiger partial charge in [-0.05, 0) is 52.3 Å². The van der Waals surface area contributed by atoms with Crippen LogP contribution in [0.4, 0.5) is 4.79 Å². The van der Waals surface area contributed by atoms with Gasteiger partial charge in [-0.15, -0.1) is 0 Å². The van der Waals surface area contributed by atoms with Gasteiger partial charge >= 0.3 is 6.09 Å². The van der Waals surface area contributed by atoms with Crippen LogP contribution in [0.5, 0.6) is 5.75 Å². The molecule has 0 unspecified atom stereocenters. The van der Waals surface area contributed by atoms with E-state index < -0.39 is 54.1 Å². The number of fused-ring (bicyclic) bond motifs is 1. The van der Waals surface area contributed by atoms with Gasteiger partial charge in [-0.1, -0.05) is 88.7 Å². The number of carbonyl (C=O) groups excluding carboxylic acids is 4. The third-order valence-corrected chi connectivity index (χ3v) is 9.84. The number of hydrogen-bond acceptors (Lipinski definition) is 9. The second kappa shape index (κ2) is 21.6. The van der Waals surface area contributed by atoms with Gasteiger partial charge in [0.05, 0.1) is 44.7 Å². The molecular weight excluding hydrogens is 716 g/mol. The second-order valence-corrected chi connectivity index (χ2v) is 14.6. The lowest BCUT2D eigenvalue weighted by Gasteiger charge is -2.29. The number of rotatable bonds is 21. The van der Waals surface area contributed by atoms with Crippen molar-refractivity contribution in [3.63, 3.8) is 0 Å². The molecule has 0 saturated carbocycles. The molecule has 4 aromatic rings. The number of aromatic amines is 1. The molecule has 0 saturated heterocycles. The predicted octanol–water partition coefficient (Wildman–Crippen LogP) is 3.94. The third-order valence-electron chi connectivity index (χ3n) is 9.84. The predicted molar refractivity (Wildman–Crippen MR) is 212 cm³/mol. The average molecular weight is 773 g/mol. The highest BCUT2D eigenvalue weighted by Crippen LogP contribution is 2.21. The van der Waals surface area contributed by atoms with Crippen molar-refractivity contribution in [3.05, 3.63) is 96.1 Å². The SMILES string of the molecule is CC[C@H](C)[C@@H](CO)NC(=O)C[C@H](O)[C@H](CC(C)C)NC(=O)[C@H](Cc1cnc[nH]1)NC(=O)[C@H](Cc1cccc2ccccc12)NC(=O)OCc1ccc(OC)cc1. The molecule has 7 N–H and O–H groups in total. The van der Waals surface area contributed by atoms with Gasteiger partial charge in [0, 0.05) is 24.7 Å². The number of imidazole rings is 1. The minimum absolute atomic E-state index is 0.0124. The summed E-state index contributed by atoms with van der Waals surface area (Å²) in [6, 6.07) is 16.8. The Labute approximate surface area is 328 Å². The summed E-state index contributed by atoms with van der Waals surface area (Å²) in [4.78, 5) is 61.5. The summed E-state index contributed by atoms with van der Waals surface area (Å²) >= 11 is 0. The number of aliphatic hydroxyl groups is 2. The van der Waals surface area contributed by atoms with Gasteiger partial charge in [0.2, 0.25) is 17.7 Å². The number of benzene rings is 3. The highest BCUT2D eigenvalue weighted by molar-refractivity contribution is 5.93. The molecular formula is C42H56N6O8. The van der Waals surface area contributed by atoms with Crippen LogP contribution in [0.15, 0.2) is 79.3 Å². The Balaban J connectivity index is 1.55. The average Bonchev–Trinajstić information content (AvgIpc) is 3.71. The summed E-state index contributed by atoms with van der Waals surface area (Å²) in [6.45, 7) is 7.43. The molecule has 302 valence electrons. The number of carbonyl (C=O) groups is 4. The second-order valence-electron chi connectivity index (χ2n) is 14.6. The van der Waals surface area contributed by atoms with Gasteiger partial charge in [0.25, 0.3) is 0 Å². The molecule has 14 heteroatoms. The number of hydrogen-bond donors (Lipinski definition) is 7. The van der Waals surface area contributed by atoms with Crippen LogP contribution in [0, 0.1) is 11.8 Å². The lowest BCUT2D eigenvalue weighted by molar-refractivity contribution is -0.131. The maximum absolute atomic E-state index is 14.2. The van der Waals surface area contributed by atoms with Crippen LogP contribution in [-0.4, -0.2) is 88.0 Å². The molecule has 1 heterocycles. The van der Waals surface area contributed by atoms with E-state index >= 15 is 0 Å². The molecule has 0 aliphatic rings. The molecule has 0 spiro atoms. The Kier molecular flexibility index (Phi) is 16.7. The van der Waals surface area contributed by atoms with Crippen LogP contribution in [0.25, 0.3) is 10.8 Å². The molecule has 0 bridgehead atoms. The number of amides is 4. The summed E-state index contributed by atoms with van der Waals surface area (Å²) in [7, 11) is 1.56. The summed E-state index contributed by atoms with van der Waals surface area (Å²) < 4.78 is 10.7. The summed E-state index contributed by atoms with van der Waals surface area (Å²) in [6.07, 6.45) is 1.77. The van der Waals surface area contributed by atoms with Crippen LogP contribution < -0.4 is 26.0 Å². The molecule has 56 heavy (non-hydrogen) atoms. The first-order chi connectivity index (χ1) is 26.9. The Morgan fingerprint density at radius 2 is 1.54 bits per heavy atom. The van der Waals surface area contributed by atoms with Crippen LogP contribution in [0.1, 0.15) is 63.8 Å². The smallest absolute Gasteiger partial charge is 0.408 e. The largest absolute Gasteiger partial charge is 0.497 e. The third kappa shape index (κ3) is 13.1. The summed E-state index contributed by atoms with van der Waals surface area (Å²) in [5.74, 6) is -0.988. The van der Waals surface area contributed by atoms with E-state index in [0.717, 1.165) is 22.8 Å². The van der Waals surface area contributed by atoms with Gasteiger partial charge in [-0.3, -0.25) is 14.4 Å². The highest BCUT2D eigenvalue weighted by atomic mass is 16.5. The minimum atomic E-state index is -1.26. The van der Waals surface area contributed by atoms with Crippen LogP contribution in [-0.2, 0) is 38.6 Å². The number of aliphatic hydroxyl groups excluding tert-OH is 2. The van der Waals surface area contributed by atoms with Crippen molar-refractivity contribution >= 4 is 34.6 Å². The van der Waals surface area contributed by atoms with E-state index in [9.17, 15) is 29.4 Å². The standard InChI is InChI=1S/C42H56N6O8/c1-6-27(4)37(23-49)45-39(51)21-38(50)34(18-26(2)3)46-41(53)36(20-31-22-43-25-44-31)47-40(52)35(19-30-12-9-11-29-10-7-8-13-33(29)30)48-42(54)56-24-28-14-16-32(55-5)17-15-28/h7-17,22,25-27,34-38,49-50H,6,18-21,23-24H2,1-5H3,(H,43,44)(H,45,51)(H,46,53)(H,47,52)(H,48,54)/t27-,34-,35-,36-,37+,38-/m0/s1. The van der Waals surface area contributed by atoms with E-state index in [4.69, 9.17) is 9.47 Å². The van der Waals surface area contributed by atoms with Gasteiger partial charge < -0.3 is 45.9 Å². The molecule has 4 amide bonds. The van der Waals surface area contributed by atoms with E-state index in [0.29, 0.717) is 23.4 Å². The minimum Gasteiger partial charge on any atom is -0.497 e. The Hall–Kier alpha value is -5.47. The molecule has 0 radical (unpaired) electrons. The molecule has 14 nitrogen and oxygen atoms in total. The van der Waals surface area contributed by atoms with Gasteiger partial charge in [0.1, 0.15) is 24.4 Å². The number of aromatic nitrogens is 2. The molecule has 1 aromatic heterocycles. The highest BCUT2D eigenvalue weighted by Gasteiger charge is 2.32. The van der Waals surface area contributed by atoms with Crippen molar-refractivity contribution < 1.29 is 38.9 Å². The first kappa shape index (κ1) is 43.3. The quantitative estimate of drug-likeness (QED) is 0.0655. The van der Waals surface area contributed by atoms with Crippen molar-refractivity contribution in [1.29, 1.82) is 0 Å². The maximum Gasteiger partial charge on any atom is 0.408 e. The fraction of sp³-hybridized carbons (Fsp3) is 0.452.